The van der Waals surface area contributed by atoms with E-state index in [0.29, 0.717) is 12.1 Å². The van der Waals surface area contributed by atoms with E-state index in [1.54, 1.807) is 6.07 Å². The zero-order chi connectivity index (χ0) is 17.1. The van der Waals surface area contributed by atoms with Crippen molar-refractivity contribution in [2.24, 2.45) is 11.8 Å². The third kappa shape index (κ3) is 3.79. The van der Waals surface area contributed by atoms with Crippen LogP contribution in [-0.4, -0.2) is 11.8 Å². The molecule has 2 aromatic rings. The van der Waals surface area contributed by atoms with Crippen molar-refractivity contribution in [3.05, 3.63) is 59.9 Å². The quantitative estimate of drug-likeness (QED) is 0.882. The molecule has 2 atom stereocenters. The van der Waals surface area contributed by atoms with Crippen molar-refractivity contribution in [3.8, 4) is 0 Å². The predicted octanol–water partition coefficient (Wildman–Crippen LogP) is 3.60. The van der Waals surface area contributed by atoms with Crippen molar-refractivity contribution in [2.75, 3.05) is 10.6 Å². The van der Waals surface area contributed by atoms with Crippen LogP contribution < -0.4 is 10.6 Å². The second-order valence-corrected chi connectivity index (χ2v) is 5.99. The monoisotopic (exact) mass is 326 g/mol. The standard InChI is InChI=1S/C19H19FN2O2/c1-2-12-6-8-14(9-7-12)21-18(23)16-11-17(16)19(24)22-15-5-3-4-13(20)10-15/h3-10,16-17H,2,11H2,1H3,(H,21,23)(H,22,24). The third-order valence-corrected chi connectivity index (χ3v) is 4.19. The van der Waals surface area contributed by atoms with Crippen LogP contribution in [0.2, 0.25) is 0 Å². The van der Waals surface area contributed by atoms with Gasteiger partial charge in [-0.25, -0.2) is 4.39 Å². The van der Waals surface area contributed by atoms with Crippen molar-refractivity contribution in [2.45, 2.75) is 19.8 Å². The van der Waals surface area contributed by atoms with Crippen LogP contribution in [0, 0.1) is 17.7 Å². The SMILES string of the molecule is CCc1ccc(NC(=O)C2CC2C(=O)Nc2cccc(F)c2)cc1. The maximum absolute atomic E-state index is 13.1. The average Bonchev–Trinajstić information content (AvgIpc) is 3.36. The highest BCUT2D eigenvalue weighted by Crippen LogP contribution is 2.40. The fourth-order valence-electron chi connectivity index (χ4n) is 2.63. The lowest BCUT2D eigenvalue weighted by Crippen LogP contribution is -2.20. The van der Waals surface area contributed by atoms with Gasteiger partial charge in [0.15, 0.2) is 0 Å². The average molecular weight is 326 g/mol. The fraction of sp³-hybridized carbons (Fsp3) is 0.263. The summed E-state index contributed by atoms with van der Waals surface area (Å²) in [5, 5.41) is 5.48. The third-order valence-electron chi connectivity index (χ3n) is 4.19. The Hall–Kier alpha value is -2.69. The van der Waals surface area contributed by atoms with Gasteiger partial charge in [0.1, 0.15) is 5.82 Å². The van der Waals surface area contributed by atoms with Crippen molar-refractivity contribution < 1.29 is 14.0 Å². The Bertz CT molecular complexity index is 758. The van der Waals surface area contributed by atoms with Gasteiger partial charge >= 0.3 is 0 Å². The van der Waals surface area contributed by atoms with Crippen LogP contribution in [0.4, 0.5) is 15.8 Å². The summed E-state index contributed by atoms with van der Waals surface area (Å²) in [6, 6.07) is 13.4. The largest absolute Gasteiger partial charge is 0.326 e. The van der Waals surface area contributed by atoms with Crippen LogP contribution in [0.3, 0.4) is 0 Å². The van der Waals surface area contributed by atoms with E-state index in [4.69, 9.17) is 0 Å². The molecule has 124 valence electrons. The maximum atomic E-state index is 13.1. The predicted molar refractivity (Wildman–Crippen MR) is 91.1 cm³/mol. The number of carbonyl (C=O) groups is 2. The molecule has 5 heteroatoms. The lowest BCUT2D eigenvalue weighted by atomic mass is 10.1. The molecular formula is C19H19FN2O2. The molecule has 1 saturated carbocycles. The zero-order valence-corrected chi connectivity index (χ0v) is 13.4. The van der Waals surface area contributed by atoms with Gasteiger partial charge in [0, 0.05) is 11.4 Å². The summed E-state index contributed by atoms with van der Waals surface area (Å²) in [7, 11) is 0. The van der Waals surface area contributed by atoms with Gasteiger partial charge in [-0.3, -0.25) is 9.59 Å². The molecule has 0 bridgehead atoms. The van der Waals surface area contributed by atoms with E-state index in [1.807, 2.05) is 24.3 Å². The number of amides is 2. The molecule has 3 rings (SSSR count). The van der Waals surface area contributed by atoms with Gasteiger partial charge in [-0.05, 0) is 48.7 Å². The minimum atomic E-state index is -0.409. The maximum Gasteiger partial charge on any atom is 0.228 e. The van der Waals surface area contributed by atoms with Gasteiger partial charge in [-0.1, -0.05) is 25.1 Å². The van der Waals surface area contributed by atoms with E-state index >= 15 is 0 Å². The Morgan fingerprint density at radius 1 is 1.00 bits per heavy atom. The van der Waals surface area contributed by atoms with E-state index in [9.17, 15) is 14.0 Å². The number of benzene rings is 2. The molecule has 2 N–H and O–H groups in total. The summed E-state index contributed by atoms with van der Waals surface area (Å²) < 4.78 is 13.1. The molecule has 0 radical (unpaired) electrons. The Kier molecular flexibility index (Phi) is 4.60. The molecule has 0 spiro atoms. The van der Waals surface area contributed by atoms with E-state index in [0.717, 1.165) is 12.1 Å². The minimum absolute atomic E-state index is 0.154. The molecule has 0 heterocycles. The first-order chi connectivity index (χ1) is 11.6. The normalized spacial score (nSPS) is 18.8. The molecular weight excluding hydrogens is 307 g/mol. The zero-order valence-electron chi connectivity index (χ0n) is 13.4. The van der Waals surface area contributed by atoms with Crippen LogP contribution >= 0.6 is 0 Å². The van der Waals surface area contributed by atoms with E-state index in [1.165, 1.54) is 23.8 Å². The number of rotatable bonds is 5. The van der Waals surface area contributed by atoms with Crippen molar-refractivity contribution in [3.63, 3.8) is 0 Å². The molecule has 2 aromatic carbocycles. The topological polar surface area (TPSA) is 58.2 Å². The van der Waals surface area contributed by atoms with Crippen LogP contribution in [0.15, 0.2) is 48.5 Å². The molecule has 4 nitrogen and oxygen atoms in total. The summed E-state index contributed by atoms with van der Waals surface area (Å²) in [5.74, 6) is -1.50. The first kappa shape index (κ1) is 16.2. The van der Waals surface area contributed by atoms with Crippen LogP contribution in [0.25, 0.3) is 0 Å². The number of hydrogen-bond donors (Lipinski definition) is 2. The second kappa shape index (κ2) is 6.83. The lowest BCUT2D eigenvalue weighted by molar-refractivity contribution is -0.122. The Labute approximate surface area is 140 Å². The van der Waals surface area contributed by atoms with Gasteiger partial charge in [0.2, 0.25) is 11.8 Å². The Morgan fingerprint density at radius 3 is 2.21 bits per heavy atom. The number of halogens is 1. The number of nitrogens with one attached hydrogen (secondary N) is 2. The second-order valence-electron chi connectivity index (χ2n) is 5.99. The van der Waals surface area contributed by atoms with Crippen molar-refractivity contribution in [1.82, 2.24) is 0 Å². The van der Waals surface area contributed by atoms with Gasteiger partial charge in [-0.15, -0.1) is 0 Å². The van der Waals surface area contributed by atoms with Gasteiger partial charge in [0.05, 0.1) is 11.8 Å². The first-order valence-corrected chi connectivity index (χ1v) is 8.03. The highest BCUT2D eigenvalue weighted by molar-refractivity contribution is 6.03. The number of anilines is 2. The number of aryl methyl sites for hydroxylation is 1. The van der Waals surface area contributed by atoms with Crippen molar-refractivity contribution in [1.29, 1.82) is 0 Å². The fourth-order valence-corrected chi connectivity index (χ4v) is 2.63. The number of hydrogen-bond acceptors (Lipinski definition) is 2. The summed E-state index contributed by atoms with van der Waals surface area (Å²) in [5.41, 5.74) is 2.33. The Morgan fingerprint density at radius 2 is 1.62 bits per heavy atom. The molecule has 1 aliphatic carbocycles. The molecule has 0 saturated heterocycles. The molecule has 1 aliphatic rings. The smallest absolute Gasteiger partial charge is 0.228 e. The Balaban J connectivity index is 1.53. The summed E-state index contributed by atoms with van der Waals surface area (Å²) >= 11 is 0. The molecule has 2 amide bonds. The van der Waals surface area contributed by atoms with E-state index in [-0.39, 0.29) is 23.7 Å². The summed E-state index contributed by atoms with van der Waals surface area (Å²) in [6.45, 7) is 2.07. The lowest BCUT2D eigenvalue weighted by Gasteiger charge is -2.07. The molecule has 1 fully saturated rings. The minimum Gasteiger partial charge on any atom is -0.326 e. The van der Waals surface area contributed by atoms with Gasteiger partial charge < -0.3 is 10.6 Å². The number of carbonyl (C=O) groups excluding carboxylic acids is 2. The van der Waals surface area contributed by atoms with Gasteiger partial charge in [-0.2, -0.15) is 0 Å². The van der Waals surface area contributed by atoms with Crippen LogP contribution in [0.5, 0.6) is 0 Å². The van der Waals surface area contributed by atoms with E-state index < -0.39 is 5.82 Å². The highest BCUT2D eigenvalue weighted by atomic mass is 19.1. The first-order valence-electron chi connectivity index (χ1n) is 8.03. The highest BCUT2D eigenvalue weighted by Gasteiger charge is 2.48. The van der Waals surface area contributed by atoms with Gasteiger partial charge in [0.25, 0.3) is 0 Å². The molecule has 0 aromatic heterocycles. The molecule has 0 aliphatic heterocycles. The van der Waals surface area contributed by atoms with E-state index in [2.05, 4.69) is 17.6 Å². The van der Waals surface area contributed by atoms with Crippen molar-refractivity contribution >= 4 is 23.2 Å². The van der Waals surface area contributed by atoms with Crippen LogP contribution in [-0.2, 0) is 16.0 Å². The summed E-state index contributed by atoms with van der Waals surface area (Å²) in [4.78, 5) is 24.3. The molecule has 24 heavy (non-hydrogen) atoms. The van der Waals surface area contributed by atoms with Crippen LogP contribution in [0.1, 0.15) is 18.9 Å². The molecule has 2 unspecified atom stereocenters. The summed E-state index contributed by atoms with van der Waals surface area (Å²) in [6.07, 6.45) is 1.46.